The lowest BCUT2D eigenvalue weighted by atomic mass is 10.1. The average Bonchev–Trinajstić information content (AvgIpc) is 3.35. The average molecular weight is 382 g/mol. The normalized spacial score (nSPS) is 14.3. The lowest BCUT2D eigenvalue weighted by Gasteiger charge is -2.15. The van der Waals surface area contributed by atoms with Gasteiger partial charge in [-0.15, -0.1) is 11.3 Å². The van der Waals surface area contributed by atoms with E-state index in [2.05, 4.69) is 29.4 Å². The third-order valence-electron chi connectivity index (χ3n) is 4.85. The van der Waals surface area contributed by atoms with Crippen molar-refractivity contribution in [1.82, 2.24) is 19.6 Å². The monoisotopic (exact) mass is 382 g/mol. The van der Waals surface area contributed by atoms with E-state index in [0.717, 1.165) is 35.6 Å². The van der Waals surface area contributed by atoms with Crippen molar-refractivity contribution in [3.05, 3.63) is 47.1 Å². The second-order valence-electron chi connectivity index (χ2n) is 6.86. The molecule has 3 aromatic rings. The van der Waals surface area contributed by atoms with E-state index in [1.165, 1.54) is 16.9 Å². The number of aromatic nitrogens is 2. The van der Waals surface area contributed by atoms with Crippen LogP contribution in [0.25, 0.3) is 16.2 Å². The molecule has 6 nitrogen and oxygen atoms in total. The standard InChI is InChI=1S/C20H22N4O2S/c1-14-5-7-15(8-6-14)16-12-24-17(13-27-20(24)22-16)19(26)21-9-3-11-23-10-2-4-18(23)25/h5-8,12-13H,2-4,9-11H2,1H3,(H,21,26). The Labute approximate surface area is 161 Å². The first-order valence-electron chi connectivity index (χ1n) is 9.21. The van der Waals surface area contributed by atoms with Gasteiger partial charge in [0, 0.05) is 43.2 Å². The highest BCUT2D eigenvalue weighted by molar-refractivity contribution is 7.15. The largest absolute Gasteiger partial charge is 0.351 e. The Morgan fingerprint density at radius 2 is 2.11 bits per heavy atom. The van der Waals surface area contributed by atoms with Crippen LogP contribution in [0.1, 0.15) is 35.3 Å². The zero-order valence-corrected chi connectivity index (χ0v) is 16.1. The molecular weight excluding hydrogens is 360 g/mol. The molecule has 7 heteroatoms. The van der Waals surface area contributed by atoms with Crippen molar-refractivity contribution < 1.29 is 9.59 Å². The SMILES string of the molecule is Cc1ccc(-c2cn3c(C(=O)NCCCN4CCCC4=O)csc3n2)cc1. The fourth-order valence-corrected chi connectivity index (χ4v) is 4.17. The topological polar surface area (TPSA) is 66.7 Å². The molecule has 0 aliphatic carbocycles. The smallest absolute Gasteiger partial charge is 0.269 e. The zero-order chi connectivity index (χ0) is 18.8. The summed E-state index contributed by atoms with van der Waals surface area (Å²) in [6.45, 7) is 4.16. The van der Waals surface area contributed by atoms with Crippen molar-refractivity contribution >= 4 is 28.1 Å². The number of benzene rings is 1. The van der Waals surface area contributed by atoms with Crippen LogP contribution in [0, 0.1) is 6.92 Å². The maximum absolute atomic E-state index is 12.5. The van der Waals surface area contributed by atoms with Gasteiger partial charge in [-0.25, -0.2) is 4.98 Å². The first-order valence-corrected chi connectivity index (χ1v) is 10.1. The van der Waals surface area contributed by atoms with Crippen LogP contribution >= 0.6 is 11.3 Å². The van der Waals surface area contributed by atoms with Crippen LogP contribution in [0.5, 0.6) is 0 Å². The van der Waals surface area contributed by atoms with Crippen molar-refractivity contribution in [2.75, 3.05) is 19.6 Å². The Hall–Kier alpha value is -2.67. The Bertz CT molecular complexity index is 974. The number of nitrogens with one attached hydrogen (secondary N) is 1. The van der Waals surface area contributed by atoms with Crippen molar-refractivity contribution in [3.8, 4) is 11.3 Å². The Kier molecular flexibility index (Phi) is 4.94. The maximum Gasteiger partial charge on any atom is 0.269 e. The number of hydrogen-bond acceptors (Lipinski definition) is 4. The van der Waals surface area contributed by atoms with Gasteiger partial charge in [0.05, 0.1) is 5.69 Å². The minimum absolute atomic E-state index is 0.109. The summed E-state index contributed by atoms with van der Waals surface area (Å²) in [6, 6.07) is 8.20. The lowest BCUT2D eigenvalue weighted by Crippen LogP contribution is -2.31. The van der Waals surface area contributed by atoms with Crippen molar-refractivity contribution in [3.63, 3.8) is 0 Å². The molecule has 0 bridgehead atoms. The number of fused-ring (bicyclic) bond motifs is 1. The van der Waals surface area contributed by atoms with Gasteiger partial charge in [0.2, 0.25) is 5.91 Å². The second-order valence-corrected chi connectivity index (χ2v) is 7.70. The fraction of sp³-hybridized carbons (Fsp3) is 0.350. The zero-order valence-electron chi connectivity index (χ0n) is 15.3. The molecular formula is C20H22N4O2S. The van der Waals surface area contributed by atoms with Crippen LogP contribution in [0.15, 0.2) is 35.8 Å². The highest BCUT2D eigenvalue weighted by atomic mass is 32.1. The molecule has 1 fully saturated rings. The van der Waals surface area contributed by atoms with Gasteiger partial charge in [0.15, 0.2) is 4.96 Å². The summed E-state index contributed by atoms with van der Waals surface area (Å²) < 4.78 is 1.85. The van der Waals surface area contributed by atoms with Crippen LogP contribution in [-0.4, -0.2) is 45.7 Å². The fourth-order valence-electron chi connectivity index (χ4n) is 3.31. The summed E-state index contributed by atoms with van der Waals surface area (Å²) in [6.07, 6.45) is 4.28. The first kappa shape index (κ1) is 17.7. The Balaban J connectivity index is 1.40. The Morgan fingerprint density at radius 1 is 1.30 bits per heavy atom. The molecule has 2 aromatic heterocycles. The molecule has 1 aliphatic rings. The van der Waals surface area contributed by atoms with E-state index in [9.17, 15) is 9.59 Å². The predicted octanol–water partition coefficient (Wildman–Crippen LogP) is 3.11. The number of carbonyl (C=O) groups is 2. The number of aryl methyl sites for hydroxylation is 1. The number of carbonyl (C=O) groups excluding carboxylic acids is 2. The maximum atomic E-state index is 12.5. The van der Waals surface area contributed by atoms with Gasteiger partial charge in [-0.3, -0.25) is 14.0 Å². The molecule has 1 saturated heterocycles. The molecule has 3 heterocycles. The molecule has 0 spiro atoms. The summed E-state index contributed by atoms with van der Waals surface area (Å²) >= 11 is 1.46. The summed E-state index contributed by atoms with van der Waals surface area (Å²) in [5.41, 5.74) is 3.70. The summed E-state index contributed by atoms with van der Waals surface area (Å²) in [7, 11) is 0. The number of nitrogens with zero attached hydrogens (tertiary/aromatic N) is 3. The number of thiazole rings is 1. The van der Waals surface area contributed by atoms with E-state index < -0.39 is 0 Å². The second kappa shape index (κ2) is 7.52. The molecule has 2 amide bonds. The molecule has 27 heavy (non-hydrogen) atoms. The van der Waals surface area contributed by atoms with Gasteiger partial charge >= 0.3 is 0 Å². The minimum Gasteiger partial charge on any atom is -0.351 e. The number of hydrogen-bond donors (Lipinski definition) is 1. The van der Waals surface area contributed by atoms with Crippen molar-refractivity contribution in [1.29, 1.82) is 0 Å². The number of amides is 2. The highest BCUT2D eigenvalue weighted by Crippen LogP contribution is 2.24. The number of likely N-dealkylation sites (tertiary alicyclic amines) is 1. The van der Waals surface area contributed by atoms with Crippen LogP contribution in [0.3, 0.4) is 0 Å². The summed E-state index contributed by atoms with van der Waals surface area (Å²) in [4.78, 5) is 31.4. The van der Waals surface area contributed by atoms with E-state index in [1.54, 1.807) is 0 Å². The van der Waals surface area contributed by atoms with E-state index in [1.807, 2.05) is 33.0 Å². The molecule has 0 unspecified atom stereocenters. The van der Waals surface area contributed by atoms with Crippen LogP contribution in [-0.2, 0) is 4.79 Å². The van der Waals surface area contributed by atoms with Crippen molar-refractivity contribution in [2.45, 2.75) is 26.2 Å². The third-order valence-corrected chi connectivity index (χ3v) is 5.69. The molecule has 1 aliphatic heterocycles. The third kappa shape index (κ3) is 3.73. The van der Waals surface area contributed by atoms with E-state index in [4.69, 9.17) is 0 Å². The van der Waals surface area contributed by atoms with Gasteiger partial charge in [0.1, 0.15) is 5.69 Å². The number of imidazole rings is 1. The minimum atomic E-state index is -0.109. The van der Waals surface area contributed by atoms with Gasteiger partial charge in [0.25, 0.3) is 5.91 Å². The molecule has 0 saturated carbocycles. The molecule has 0 atom stereocenters. The van der Waals surface area contributed by atoms with Crippen LogP contribution < -0.4 is 5.32 Å². The molecule has 0 radical (unpaired) electrons. The van der Waals surface area contributed by atoms with Crippen LogP contribution in [0.4, 0.5) is 0 Å². The Morgan fingerprint density at radius 3 is 2.85 bits per heavy atom. The quantitative estimate of drug-likeness (QED) is 0.666. The molecule has 1 N–H and O–H groups in total. The summed E-state index contributed by atoms with van der Waals surface area (Å²) in [5, 5.41) is 4.79. The highest BCUT2D eigenvalue weighted by Gasteiger charge is 2.19. The first-order chi connectivity index (χ1) is 13.1. The van der Waals surface area contributed by atoms with E-state index in [0.29, 0.717) is 25.2 Å². The molecule has 1 aromatic carbocycles. The molecule has 140 valence electrons. The van der Waals surface area contributed by atoms with E-state index >= 15 is 0 Å². The molecule has 4 rings (SSSR count). The lowest BCUT2D eigenvalue weighted by molar-refractivity contribution is -0.127. The number of rotatable bonds is 6. The predicted molar refractivity (Wildman–Crippen MR) is 106 cm³/mol. The van der Waals surface area contributed by atoms with Gasteiger partial charge in [-0.1, -0.05) is 29.8 Å². The van der Waals surface area contributed by atoms with Gasteiger partial charge in [-0.05, 0) is 19.8 Å². The van der Waals surface area contributed by atoms with Gasteiger partial charge < -0.3 is 10.2 Å². The van der Waals surface area contributed by atoms with Crippen LogP contribution in [0.2, 0.25) is 0 Å². The van der Waals surface area contributed by atoms with E-state index in [-0.39, 0.29) is 11.8 Å². The summed E-state index contributed by atoms with van der Waals surface area (Å²) in [5.74, 6) is 0.116. The van der Waals surface area contributed by atoms with Gasteiger partial charge in [-0.2, -0.15) is 0 Å². The van der Waals surface area contributed by atoms with Crippen molar-refractivity contribution in [2.24, 2.45) is 0 Å².